The van der Waals surface area contributed by atoms with Crippen molar-refractivity contribution >= 4 is 27.6 Å². The van der Waals surface area contributed by atoms with Crippen LogP contribution < -0.4 is 10.1 Å². The van der Waals surface area contributed by atoms with E-state index < -0.39 is 0 Å². The van der Waals surface area contributed by atoms with Crippen molar-refractivity contribution in [2.24, 2.45) is 0 Å². The summed E-state index contributed by atoms with van der Waals surface area (Å²) in [6, 6.07) is 16.9. The summed E-state index contributed by atoms with van der Waals surface area (Å²) in [7, 11) is 0. The Morgan fingerprint density at radius 3 is 2.68 bits per heavy atom. The maximum atomic E-state index is 12.8. The summed E-state index contributed by atoms with van der Waals surface area (Å²) in [5.41, 5.74) is 1.12. The number of carbonyl (C=O) groups is 1. The number of ether oxygens (including phenoxy) is 1. The van der Waals surface area contributed by atoms with Crippen LogP contribution in [0.25, 0.3) is 21.7 Å². The zero-order valence-corrected chi connectivity index (χ0v) is 15.4. The van der Waals surface area contributed by atoms with Gasteiger partial charge in [0.2, 0.25) is 5.88 Å². The lowest BCUT2D eigenvalue weighted by Gasteiger charge is -2.18. The molecule has 140 valence electrons. The molecule has 0 aliphatic heterocycles. The van der Waals surface area contributed by atoms with Gasteiger partial charge in [0.25, 0.3) is 5.91 Å². The average Bonchev–Trinajstić information content (AvgIpc) is 2.76. The van der Waals surface area contributed by atoms with Gasteiger partial charge in [-0.25, -0.2) is 0 Å². The van der Waals surface area contributed by atoms with Gasteiger partial charge in [0, 0.05) is 11.6 Å². The van der Waals surface area contributed by atoms with Crippen LogP contribution in [0.15, 0.2) is 60.8 Å². The second-order valence-electron chi connectivity index (χ2n) is 6.38. The third-order valence-corrected chi connectivity index (χ3v) is 4.56. The van der Waals surface area contributed by atoms with E-state index in [0.29, 0.717) is 23.5 Å². The van der Waals surface area contributed by atoms with Gasteiger partial charge >= 0.3 is 0 Å². The van der Waals surface area contributed by atoms with Crippen LogP contribution in [-0.2, 0) is 0 Å². The third kappa shape index (κ3) is 3.59. The maximum Gasteiger partial charge on any atom is 0.270 e. The molecule has 4 aromatic rings. The fourth-order valence-corrected chi connectivity index (χ4v) is 3.01. The molecule has 0 saturated heterocycles. The number of amides is 1. The number of aromatic nitrogens is 4. The van der Waals surface area contributed by atoms with Crippen LogP contribution in [0.5, 0.6) is 5.88 Å². The lowest BCUT2D eigenvalue weighted by Crippen LogP contribution is -2.39. The van der Waals surface area contributed by atoms with Gasteiger partial charge in [-0.05, 0) is 35.2 Å². The minimum atomic E-state index is -0.224. The number of nitrogens with one attached hydrogen (secondary N) is 1. The van der Waals surface area contributed by atoms with Crippen LogP contribution in [0.2, 0.25) is 0 Å². The van der Waals surface area contributed by atoms with Crippen molar-refractivity contribution in [3.05, 3.63) is 66.5 Å². The Balaban J connectivity index is 1.49. The van der Waals surface area contributed by atoms with Crippen LogP contribution in [0.4, 0.5) is 0 Å². The van der Waals surface area contributed by atoms with Crippen LogP contribution in [0.1, 0.15) is 23.8 Å². The molecule has 1 unspecified atom stereocenters. The first-order valence-corrected chi connectivity index (χ1v) is 9.11. The van der Waals surface area contributed by atoms with Crippen molar-refractivity contribution in [3.8, 4) is 5.88 Å². The number of fused-ring (bicyclic) bond motifs is 2. The molecule has 0 bridgehead atoms. The molecule has 0 fully saturated rings. The predicted octanol–water partition coefficient (Wildman–Crippen LogP) is 3.16. The Morgan fingerprint density at radius 1 is 1.04 bits per heavy atom. The quantitative estimate of drug-likeness (QED) is 0.558. The van der Waals surface area contributed by atoms with E-state index in [1.165, 1.54) is 0 Å². The van der Waals surface area contributed by atoms with Crippen molar-refractivity contribution in [2.75, 3.05) is 6.61 Å². The fraction of sp³-hybridized carbons (Fsp3) is 0.190. The molecule has 1 atom stereocenters. The molecule has 0 spiro atoms. The van der Waals surface area contributed by atoms with Gasteiger partial charge in [-0.1, -0.05) is 48.4 Å². The molecular weight excluding hydrogens is 354 g/mol. The number of rotatable bonds is 6. The standard InChI is InChI=1S/C21H19N5O2/c1-2-15(13-28-21-17-9-5-6-10-18(17)24-26-25-21)23-20(27)19-16-8-4-3-7-14(16)11-12-22-19/h3-12,15H,2,13H2,1H3,(H,23,27). The highest BCUT2D eigenvalue weighted by atomic mass is 16.5. The highest BCUT2D eigenvalue weighted by Crippen LogP contribution is 2.20. The van der Waals surface area contributed by atoms with Crippen LogP contribution >= 0.6 is 0 Å². The molecular formula is C21H19N5O2. The van der Waals surface area contributed by atoms with E-state index in [0.717, 1.165) is 16.2 Å². The van der Waals surface area contributed by atoms with Crippen LogP contribution in [0, 0.1) is 0 Å². The predicted molar refractivity (Wildman–Crippen MR) is 106 cm³/mol. The number of hydrogen-bond acceptors (Lipinski definition) is 6. The Hall–Kier alpha value is -3.61. The highest BCUT2D eigenvalue weighted by molar-refractivity contribution is 6.05. The molecule has 0 aliphatic rings. The molecule has 0 aliphatic carbocycles. The van der Waals surface area contributed by atoms with Crippen molar-refractivity contribution < 1.29 is 9.53 Å². The van der Waals surface area contributed by atoms with Crippen molar-refractivity contribution in [1.29, 1.82) is 0 Å². The molecule has 1 N–H and O–H groups in total. The number of benzene rings is 2. The summed E-state index contributed by atoms with van der Waals surface area (Å²) >= 11 is 0. The molecule has 2 aromatic carbocycles. The minimum Gasteiger partial charge on any atom is -0.474 e. The van der Waals surface area contributed by atoms with Crippen molar-refractivity contribution in [1.82, 2.24) is 25.7 Å². The normalized spacial score (nSPS) is 12.0. The molecule has 4 rings (SSSR count). The van der Waals surface area contributed by atoms with Gasteiger partial charge < -0.3 is 10.1 Å². The summed E-state index contributed by atoms with van der Waals surface area (Å²) in [6.07, 6.45) is 2.35. The van der Waals surface area contributed by atoms with Gasteiger partial charge in [0.05, 0.1) is 11.4 Å². The average molecular weight is 373 g/mol. The summed E-state index contributed by atoms with van der Waals surface area (Å²) in [6.45, 7) is 2.26. The summed E-state index contributed by atoms with van der Waals surface area (Å²) in [5.74, 6) is 0.180. The molecule has 2 aromatic heterocycles. The van der Waals surface area contributed by atoms with E-state index in [1.807, 2.05) is 61.5 Å². The fourth-order valence-electron chi connectivity index (χ4n) is 3.01. The summed E-state index contributed by atoms with van der Waals surface area (Å²) in [5, 5.41) is 17.3. The van der Waals surface area contributed by atoms with E-state index in [1.54, 1.807) is 6.20 Å². The van der Waals surface area contributed by atoms with E-state index >= 15 is 0 Å². The Bertz CT molecular complexity index is 1120. The number of carbonyl (C=O) groups excluding carboxylic acids is 1. The first-order chi connectivity index (χ1) is 13.8. The third-order valence-electron chi connectivity index (χ3n) is 4.56. The van der Waals surface area contributed by atoms with E-state index in [2.05, 4.69) is 25.7 Å². The molecule has 0 radical (unpaired) electrons. The Labute approximate surface area is 161 Å². The SMILES string of the molecule is CCC(COc1nnnc2ccccc12)NC(=O)c1nccc2ccccc12. The van der Waals surface area contributed by atoms with Crippen molar-refractivity contribution in [3.63, 3.8) is 0 Å². The highest BCUT2D eigenvalue weighted by Gasteiger charge is 2.17. The van der Waals surface area contributed by atoms with Crippen molar-refractivity contribution in [2.45, 2.75) is 19.4 Å². The van der Waals surface area contributed by atoms with Gasteiger partial charge in [-0.2, -0.15) is 0 Å². The van der Waals surface area contributed by atoms with Crippen LogP contribution in [-0.4, -0.2) is 39.0 Å². The molecule has 1 amide bonds. The number of hydrogen-bond donors (Lipinski definition) is 1. The second-order valence-corrected chi connectivity index (χ2v) is 6.38. The summed E-state index contributed by atoms with van der Waals surface area (Å²) < 4.78 is 5.85. The zero-order chi connectivity index (χ0) is 19.3. The van der Waals surface area contributed by atoms with Gasteiger partial charge in [-0.3, -0.25) is 9.78 Å². The minimum absolute atomic E-state index is 0.193. The van der Waals surface area contributed by atoms with Gasteiger partial charge in [0.15, 0.2) is 0 Å². The van der Waals surface area contributed by atoms with Gasteiger partial charge in [-0.15, -0.1) is 5.10 Å². The first kappa shape index (κ1) is 17.8. The Morgan fingerprint density at radius 2 is 1.82 bits per heavy atom. The lowest BCUT2D eigenvalue weighted by atomic mass is 10.1. The topological polar surface area (TPSA) is 89.9 Å². The molecule has 0 saturated carbocycles. The number of nitrogens with zero attached hydrogens (tertiary/aromatic N) is 4. The Kier molecular flexibility index (Phi) is 5.05. The number of pyridine rings is 1. The van der Waals surface area contributed by atoms with E-state index in [9.17, 15) is 4.79 Å². The second kappa shape index (κ2) is 7.96. The maximum absolute atomic E-state index is 12.8. The van der Waals surface area contributed by atoms with Crippen LogP contribution in [0.3, 0.4) is 0 Å². The molecule has 28 heavy (non-hydrogen) atoms. The zero-order valence-electron chi connectivity index (χ0n) is 15.4. The smallest absolute Gasteiger partial charge is 0.270 e. The summed E-state index contributed by atoms with van der Waals surface area (Å²) in [4.78, 5) is 17.1. The largest absolute Gasteiger partial charge is 0.474 e. The monoisotopic (exact) mass is 373 g/mol. The van der Waals surface area contributed by atoms with E-state index in [-0.39, 0.29) is 18.6 Å². The first-order valence-electron chi connectivity index (χ1n) is 9.11. The molecule has 7 nitrogen and oxygen atoms in total. The molecule has 2 heterocycles. The molecule has 7 heteroatoms. The van der Waals surface area contributed by atoms with Gasteiger partial charge in [0.1, 0.15) is 17.8 Å². The van der Waals surface area contributed by atoms with E-state index in [4.69, 9.17) is 4.74 Å². The lowest BCUT2D eigenvalue weighted by molar-refractivity contribution is 0.0916.